The molecule has 1 rings (SSSR count). The van der Waals surface area contributed by atoms with E-state index >= 15 is 0 Å². The highest BCUT2D eigenvalue weighted by Crippen LogP contribution is 2.37. The molecule has 1 unspecified atom stereocenters. The third-order valence-corrected chi connectivity index (χ3v) is 6.71. The van der Waals surface area contributed by atoms with Gasteiger partial charge in [0.25, 0.3) is 15.7 Å². The van der Waals surface area contributed by atoms with Gasteiger partial charge in [0, 0.05) is 25.2 Å². The van der Waals surface area contributed by atoms with Crippen molar-refractivity contribution >= 4 is 38.6 Å². The van der Waals surface area contributed by atoms with Crippen LogP contribution in [0.15, 0.2) is 10.3 Å². The van der Waals surface area contributed by atoms with Crippen LogP contribution in [-0.4, -0.2) is 55.8 Å². The van der Waals surface area contributed by atoms with Crippen LogP contribution in [0.4, 0.5) is 5.69 Å². The van der Waals surface area contributed by atoms with E-state index in [1.807, 2.05) is 19.0 Å². The summed E-state index contributed by atoms with van der Waals surface area (Å²) in [5.41, 5.74) is -0.378. The van der Waals surface area contributed by atoms with Gasteiger partial charge in [0.1, 0.15) is 4.21 Å². The highest BCUT2D eigenvalue weighted by molar-refractivity contribution is 7.91. The topological polar surface area (TPSA) is 83.8 Å². The number of thiophene rings is 1. The van der Waals surface area contributed by atoms with E-state index in [-0.39, 0.29) is 26.8 Å². The second kappa shape index (κ2) is 7.01. The van der Waals surface area contributed by atoms with Gasteiger partial charge in [0.15, 0.2) is 4.34 Å². The van der Waals surface area contributed by atoms with E-state index < -0.39 is 14.9 Å². The van der Waals surface area contributed by atoms with Crippen molar-refractivity contribution in [1.29, 1.82) is 0 Å². The molecule has 0 saturated heterocycles. The van der Waals surface area contributed by atoms with Crippen molar-refractivity contribution in [3.63, 3.8) is 0 Å². The first-order valence-electron chi connectivity index (χ1n) is 6.21. The Balaban J connectivity index is 3.19. The largest absolute Gasteiger partial charge is 0.308 e. The Bertz CT molecular complexity index is 615. The fourth-order valence-electron chi connectivity index (χ4n) is 2.04. The van der Waals surface area contributed by atoms with Crippen LogP contribution < -0.4 is 0 Å². The SMILES string of the molecule is CCN(C(C)CN(C)C)S(=O)(=O)c1cc([N+](=O)[O-])c(Cl)s1. The molecule has 0 aliphatic heterocycles. The summed E-state index contributed by atoms with van der Waals surface area (Å²) in [6, 6.07) is 0.767. The Morgan fingerprint density at radius 3 is 2.43 bits per heavy atom. The van der Waals surface area contributed by atoms with Crippen molar-refractivity contribution in [3.8, 4) is 0 Å². The molecule has 1 atom stereocenters. The Labute approximate surface area is 133 Å². The number of nitrogens with zero attached hydrogens (tertiary/aromatic N) is 3. The molecule has 0 radical (unpaired) electrons. The monoisotopic (exact) mass is 355 g/mol. The zero-order valence-corrected chi connectivity index (χ0v) is 14.6. The molecule has 0 aliphatic carbocycles. The molecule has 10 heteroatoms. The van der Waals surface area contributed by atoms with Crippen LogP contribution in [0.5, 0.6) is 0 Å². The van der Waals surface area contributed by atoms with Gasteiger partial charge in [-0.25, -0.2) is 8.42 Å². The molecule has 1 heterocycles. The first-order valence-corrected chi connectivity index (χ1v) is 8.85. The summed E-state index contributed by atoms with van der Waals surface area (Å²) in [7, 11) is -0.0929. The molecule has 1 aromatic heterocycles. The zero-order chi connectivity index (χ0) is 16.4. The van der Waals surface area contributed by atoms with E-state index in [0.717, 1.165) is 6.07 Å². The average molecular weight is 356 g/mol. The van der Waals surface area contributed by atoms with Crippen LogP contribution in [0.25, 0.3) is 0 Å². The summed E-state index contributed by atoms with van der Waals surface area (Å²) in [6.07, 6.45) is 0. The minimum atomic E-state index is -3.79. The van der Waals surface area contributed by atoms with Gasteiger partial charge in [0.2, 0.25) is 0 Å². The molecule has 0 saturated carbocycles. The molecule has 0 amide bonds. The van der Waals surface area contributed by atoms with Gasteiger partial charge >= 0.3 is 0 Å². The fraction of sp³-hybridized carbons (Fsp3) is 0.636. The van der Waals surface area contributed by atoms with Crippen molar-refractivity contribution in [1.82, 2.24) is 9.21 Å². The van der Waals surface area contributed by atoms with Gasteiger partial charge in [-0.05, 0) is 21.0 Å². The van der Waals surface area contributed by atoms with Crippen molar-refractivity contribution in [2.24, 2.45) is 0 Å². The maximum Gasteiger partial charge on any atom is 0.300 e. The number of hydrogen-bond donors (Lipinski definition) is 0. The first-order chi connectivity index (χ1) is 9.61. The van der Waals surface area contributed by atoms with Crippen molar-refractivity contribution in [2.45, 2.75) is 24.1 Å². The summed E-state index contributed by atoms with van der Waals surface area (Å²) in [4.78, 5) is 12.0. The second-order valence-electron chi connectivity index (χ2n) is 4.80. The first kappa shape index (κ1) is 18.3. The van der Waals surface area contributed by atoms with Crippen molar-refractivity contribution < 1.29 is 13.3 Å². The van der Waals surface area contributed by atoms with Crippen LogP contribution >= 0.6 is 22.9 Å². The normalized spacial score (nSPS) is 13.9. The lowest BCUT2D eigenvalue weighted by molar-refractivity contribution is -0.384. The zero-order valence-electron chi connectivity index (χ0n) is 12.2. The van der Waals surface area contributed by atoms with Gasteiger partial charge < -0.3 is 4.90 Å². The number of nitro groups is 1. The lowest BCUT2D eigenvalue weighted by Gasteiger charge is -2.28. The fourth-order valence-corrected chi connectivity index (χ4v) is 5.47. The lowest BCUT2D eigenvalue weighted by Crippen LogP contribution is -2.43. The summed E-state index contributed by atoms with van der Waals surface area (Å²) in [6.45, 7) is 4.35. The van der Waals surface area contributed by atoms with Crippen LogP contribution in [0.2, 0.25) is 4.34 Å². The van der Waals surface area contributed by atoms with Crippen LogP contribution in [-0.2, 0) is 10.0 Å². The number of sulfonamides is 1. The molecule has 0 N–H and O–H groups in total. The number of rotatable bonds is 7. The van der Waals surface area contributed by atoms with Crippen molar-refractivity contribution in [2.75, 3.05) is 27.2 Å². The van der Waals surface area contributed by atoms with E-state index in [2.05, 4.69) is 0 Å². The molecular weight excluding hydrogens is 338 g/mol. The third kappa shape index (κ3) is 4.13. The molecule has 0 aromatic carbocycles. The minimum Gasteiger partial charge on any atom is -0.308 e. The Morgan fingerprint density at radius 1 is 1.48 bits per heavy atom. The molecule has 0 aliphatic rings. The summed E-state index contributed by atoms with van der Waals surface area (Å²) >= 11 is 6.45. The van der Waals surface area contributed by atoms with Crippen LogP contribution in [0.1, 0.15) is 13.8 Å². The van der Waals surface area contributed by atoms with E-state index in [9.17, 15) is 18.5 Å². The van der Waals surface area contributed by atoms with Gasteiger partial charge in [-0.15, -0.1) is 11.3 Å². The Kier molecular flexibility index (Phi) is 6.11. The molecule has 21 heavy (non-hydrogen) atoms. The van der Waals surface area contributed by atoms with E-state index in [1.165, 1.54) is 4.31 Å². The second-order valence-corrected chi connectivity index (χ2v) is 8.57. The molecule has 0 spiro atoms. The minimum absolute atomic E-state index is 0.105. The van der Waals surface area contributed by atoms with Crippen LogP contribution in [0.3, 0.4) is 0 Å². The van der Waals surface area contributed by atoms with E-state index in [0.29, 0.717) is 17.9 Å². The van der Waals surface area contributed by atoms with Gasteiger partial charge in [-0.1, -0.05) is 18.5 Å². The molecule has 7 nitrogen and oxygen atoms in total. The molecule has 1 aromatic rings. The maximum atomic E-state index is 12.6. The number of likely N-dealkylation sites (N-methyl/N-ethyl adjacent to an activating group) is 2. The average Bonchev–Trinajstić information content (AvgIpc) is 2.71. The Morgan fingerprint density at radius 2 is 2.05 bits per heavy atom. The predicted octanol–water partition coefficient (Wildman–Crippen LogP) is 2.27. The number of hydrogen-bond acceptors (Lipinski definition) is 6. The van der Waals surface area contributed by atoms with Crippen molar-refractivity contribution in [3.05, 3.63) is 20.5 Å². The number of halogens is 1. The standard InChI is InChI=1S/C11H18ClN3O4S2/c1-5-14(8(2)7-13(3)4)21(18,19)10-6-9(15(16)17)11(12)20-10/h6,8H,5,7H2,1-4H3. The summed E-state index contributed by atoms with van der Waals surface area (Å²) in [5, 5.41) is 10.8. The lowest BCUT2D eigenvalue weighted by atomic mass is 10.3. The highest BCUT2D eigenvalue weighted by Gasteiger charge is 2.32. The van der Waals surface area contributed by atoms with Gasteiger partial charge in [0.05, 0.1) is 4.92 Å². The smallest absolute Gasteiger partial charge is 0.300 e. The van der Waals surface area contributed by atoms with E-state index in [4.69, 9.17) is 11.6 Å². The van der Waals surface area contributed by atoms with Gasteiger partial charge in [-0.3, -0.25) is 10.1 Å². The van der Waals surface area contributed by atoms with Gasteiger partial charge in [-0.2, -0.15) is 4.31 Å². The molecule has 0 fully saturated rings. The predicted molar refractivity (Wildman–Crippen MR) is 83.6 cm³/mol. The molecule has 0 bridgehead atoms. The Hall–Kier alpha value is -0.740. The quantitative estimate of drug-likeness (QED) is 0.553. The molecule has 120 valence electrons. The highest BCUT2D eigenvalue weighted by atomic mass is 35.5. The van der Waals surface area contributed by atoms with E-state index in [1.54, 1.807) is 13.8 Å². The summed E-state index contributed by atoms with van der Waals surface area (Å²) < 4.78 is 26.3. The maximum absolute atomic E-state index is 12.6. The summed E-state index contributed by atoms with van der Waals surface area (Å²) in [5.74, 6) is 0. The molecular formula is C11H18ClN3O4S2. The van der Waals surface area contributed by atoms with Crippen LogP contribution in [0, 0.1) is 10.1 Å². The third-order valence-electron chi connectivity index (χ3n) is 2.84.